The molecule has 3 amide bonds. The molecule has 7 nitrogen and oxygen atoms in total. The van der Waals surface area contributed by atoms with Crippen molar-refractivity contribution in [3.63, 3.8) is 0 Å². The third-order valence-corrected chi connectivity index (χ3v) is 4.77. The Kier molecular flexibility index (Phi) is 4.75. The van der Waals surface area contributed by atoms with Gasteiger partial charge in [0, 0.05) is 5.92 Å². The van der Waals surface area contributed by atoms with Gasteiger partial charge in [0.2, 0.25) is 11.0 Å². The molecule has 3 rings (SSSR count). The lowest BCUT2D eigenvalue weighted by Crippen LogP contribution is -2.35. The predicted octanol–water partition coefficient (Wildman–Crippen LogP) is 2.46. The molecule has 126 valence electrons. The largest absolute Gasteiger partial charge is 0.352 e. The lowest BCUT2D eigenvalue weighted by molar-refractivity contribution is -0.116. The van der Waals surface area contributed by atoms with Crippen molar-refractivity contribution < 1.29 is 9.59 Å². The van der Waals surface area contributed by atoms with Crippen LogP contribution in [0.4, 0.5) is 9.93 Å². The maximum atomic E-state index is 12.3. The third-order valence-electron chi connectivity index (χ3n) is 3.76. The van der Waals surface area contributed by atoms with Crippen molar-refractivity contribution in [1.82, 2.24) is 15.5 Å². The number of urea groups is 1. The number of nitrogens with zero attached hydrogens (tertiary/aromatic N) is 2. The highest BCUT2D eigenvalue weighted by Crippen LogP contribution is 2.42. The molecule has 0 spiro atoms. The van der Waals surface area contributed by atoms with E-state index in [2.05, 4.69) is 20.8 Å². The normalized spacial score (nSPS) is 14.9. The lowest BCUT2D eigenvalue weighted by atomic mass is 10.0. The van der Waals surface area contributed by atoms with Crippen LogP contribution in [0, 0.1) is 6.92 Å². The van der Waals surface area contributed by atoms with Crippen LogP contribution in [0.1, 0.15) is 47.4 Å². The predicted molar refractivity (Wildman–Crippen MR) is 91.8 cm³/mol. The van der Waals surface area contributed by atoms with E-state index in [1.807, 2.05) is 31.2 Å². The molecule has 1 aliphatic rings. The van der Waals surface area contributed by atoms with Gasteiger partial charge in [-0.25, -0.2) is 4.79 Å². The molecule has 1 fully saturated rings. The monoisotopic (exact) mass is 345 g/mol. The number of benzene rings is 1. The number of primary amides is 1. The van der Waals surface area contributed by atoms with Crippen molar-refractivity contribution in [2.24, 2.45) is 5.73 Å². The summed E-state index contributed by atoms with van der Waals surface area (Å²) >= 11 is 1.40. The summed E-state index contributed by atoms with van der Waals surface area (Å²) in [4.78, 5) is 23.5. The number of carbonyl (C=O) groups is 2. The van der Waals surface area contributed by atoms with Crippen LogP contribution in [0.25, 0.3) is 0 Å². The molecule has 1 saturated carbocycles. The van der Waals surface area contributed by atoms with E-state index in [1.54, 1.807) is 0 Å². The van der Waals surface area contributed by atoms with Crippen LogP contribution >= 0.6 is 11.3 Å². The lowest BCUT2D eigenvalue weighted by Gasteiger charge is -2.17. The van der Waals surface area contributed by atoms with Gasteiger partial charge in [0.1, 0.15) is 5.01 Å². The summed E-state index contributed by atoms with van der Waals surface area (Å²) < 4.78 is 0. The first-order valence-corrected chi connectivity index (χ1v) is 8.58. The van der Waals surface area contributed by atoms with Crippen molar-refractivity contribution in [2.75, 3.05) is 5.32 Å². The summed E-state index contributed by atoms with van der Waals surface area (Å²) in [6.07, 6.45) is 2.35. The fraction of sp³-hybridized carbons (Fsp3) is 0.375. The number of hydrogen-bond acceptors (Lipinski definition) is 5. The van der Waals surface area contributed by atoms with E-state index in [0.29, 0.717) is 11.0 Å². The van der Waals surface area contributed by atoms with E-state index in [0.717, 1.165) is 29.0 Å². The first-order chi connectivity index (χ1) is 11.5. The molecule has 0 aliphatic heterocycles. The molecule has 8 heteroatoms. The summed E-state index contributed by atoms with van der Waals surface area (Å²) in [5.74, 6) is 0.262. The first kappa shape index (κ1) is 16.4. The molecule has 24 heavy (non-hydrogen) atoms. The summed E-state index contributed by atoms with van der Waals surface area (Å²) in [6, 6.07) is 6.46. The second-order valence-corrected chi connectivity index (χ2v) is 6.96. The molecule has 0 bridgehead atoms. The quantitative estimate of drug-likeness (QED) is 0.747. The number of hydrogen-bond donors (Lipinski definition) is 3. The number of carbonyl (C=O) groups excluding carboxylic acids is 2. The zero-order valence-electron chi connectivity index (χ0n) is 13.3. The SMILES string of the molecule is Cc1cccc([C@@H](CC(=O)Nc2nnc(C3CC3)s2)NC(N)=O)c1. The average molecular weight is 345 g/mol. The maximum Gasteiger partial charge on any atom is 0.312 e. The van der Waals surface area contributed by atoms with Crippen molar-refractivity contribution in [3.8, 4) is 0 Å². The minimum absolute atomic E-state index is 0.0741. The van der Waals surface area contributed by atoms with Gasteiger partial charge in [-0.2, -0.15) is 0 Å². The molecule has 0 radical (unpaired) electrons. The van der Waals surface area contributed by atoms with Gasteiger partial charge < -0.3 is 16.4 Å². The van der Waals surface area contributed by atoms with Gasteiger partial charge in [-0.05, 0) is 25.3 Å². The van der Waals surface area contributed by atoms with Crippen LogP contribution in [0.3, 0.4) is 0 Å². The van der Waals surface area contributed by atoms with Gasteiger partial charge in [0.15, 0.2) is 0 Å². The Morgan fingerprint density at radius 3 is 2.83 bits per heavy atom. The topological polar surface area (TPSA) is 110 Å². The molecule has 4 N–H and O–H groups in total. The second-order valence-electron chi connectivity index (χ2n) is 5.95. The molecule has 1 aromatic carbocycles. The minimum atomic E-state index is -0.666. The zero-order chi connectivity index (χ0) is 17.1. The molecule has 0 unspecified atom stereocenters. The van der Waals surface area contributed by atoms with Crippen molar-refractivity contribution in [3.05, 3.63) is 40.4 Å². The van der Waals surface area contributed by atoms with E-state index in [4.69, 9.17) is 5.73 Å². The number of anilines is 1. The smallest absolute Gasteiger partial charge is 0.312 e. The molecule has 1 aliphatic carbocycles. The first-order valence-electron chi connectivity index (χ1n) is 7.77. The number of nitrogens with two attached hydrogens (primary N) is 1. The molecular weight excluding hydrogens is 326 g/mol. The molecule has 1 heterocycles. The highest BCUT2D eigenvalue weighted by atomic mass is 32.1. The summed E-state index contributed by atoms with van der Waals surface area (Å²) in [6.45, 7) is 1.95. The fourth-order valence-corrected chi connectivity index (χ4v) is 3.38. The Bertz CT molecular complexity index is 756. The Morgan fingerprint density at radius 2 is 2.17 bits per heavy atom. The number of nitrogens with one attached hydrogen (secondary N) is 2. The van der Waals surface area contributed by atoms with Gasteiger partial charge in [0.05, 0.1) is 12.5 Å². The third kappa shape index (κ3) is 4.29. The highest BCUT2D eigenvalue weighted by molar-refractivity contribution is 7.15. The summed E-state index contributed by atoms with van der Waals surface area (Å²) in [5, 5.41) is 14.9. The fourth-order valence-electron chi connectivity index (χ4n) is 2.45. The Morgan fingerprint density at radius 1 is 1.38 bits per heavy atom. The van der Waals surface area contributed by atoms with Crippen molar-refractivity contribution >= 4 is 28.4 Å². The molecule has 1 aromatic heterocycles. The maximum absolute atomic E-state index is 12.3. The van der Waals surface area contributed by atoms with Crippen LogP contribution in [-0.2, 0) is 4.79 Å². The Hall–Kier alpha value is -2.48. The van der Waals surface area contributed by atoms with Crippen molar-refractivity contribution in [2.45, 2.75) is 38.1 Å². The van der Waals surface area contributed by atoms with E-state index >= 15 is 0 Å². The highest BCUT2D eigenvalue weighted by Gasteiger charge is 2.28. The Labute approximate surface area is 143 Å². The van der Waals surface area contributed by atoms with Gasteiger partial charge in [-0.3, -0.25) is 4.79 Å². The summed E-state index contributed by atoms with van der Waals surface area (Å²) in [7, 11) is 0. The van der Waals surface area contributed by atoms with Gasteiger partial charge >= 0.3 is 6.03 Å². The van der Waals surface area contributed by atoms with Crippen molar-refractivity contribution in [1.29, 1.82) is 0 Å². The van der Waals surface area contributed by atoms with E-state index in [1.165, 1.54) is 11.3 Å². The number of aryl methyl sites for hydroxylation is 1. The summed E-state index contributed by atoms with van der Waals surface area (Å²) in [5.41, 5.74) is 7.12. The number of amides is 3. The van der Waals surface area contributed by atoms with Gasteiger partial charge in [0.25, 0.3) is 0 Å². The number of rotatable bonds is 6. The van der Waals surface area contributed by atoms with Crippen LogP contribution in [0.5, 0.6) is 0 Å². The van der Waals surface area contributed by atoms with Crippen LogP contribution in [0.15, 0.2) is 24.3 Å². The van der Waals surface area contributed by atoms with E-state index in [9.17, 15) is 9.59 Å². The van der Waals surface area contributed by atoms with Gasteiger partial charge in [-0.15, -0.1) is 10.2 Å². The minimum Gasteiger partial charge on any atom is -0.352 e. The molecule has 0 saturated heterocycles. The standard InChI is InChI=1S/C16H19N5O2S/c1-9-3-2-4-11(7-9)12(18-15(17)23)8-13(22)19-16-21-20-14(24-16)10-5-6-10/h2-4,7,10,12H,5-6,8H2,1H3,(H3,17,18,23)(H,19,21,22)/t12-/m1/s1. The molecular formula is C16H19N5O2S. The van der Waals surface area contributed by atoms with E-state index < -0.39 is 12.1 Å². The zero-order valence-corrected chi connectivity index (χ0v) is 14.1. The average Bonchev–Trinajstić information content (AvgIpc) is 3.27. The van der Waals surface area contributed by atoms with Crippen LogP contribution in [-0.4, -0.2) is 22.1 Å². The molecule has 2 aromatic rings. The van der Waals surface area contributed by atoms with Crippen LogP contribution < -0.4 is 16.4 Å². The van der Waals surface area contributed by atoms with Gasteiger partial charge in [-0.1, -0.05) is 41.2 Å². The second kappa shape index (κ2) is 6.96. The number of aromatic nitrogens is 2. The van der Waals surface area contributed by atoms with E-state index in [-0.39, 0.29) is 12.3 Å². The Balaban J connectivity index is 1.66. The van der Waals surface area contributed by atoms with Crippen LogP contribution in [0.2, 0.25) is 0 Å². The molecule has 1 atom stereocenters.